The lowest BCUT2D eigenvalue weighted by Gasteiger charge is -2.12. The third kappa shape index (κ3) is 5.92. The monoisotopic (exact) mass is 431 g/mol. The molecule has 3 aromatic carbocycles. The number of phenols is 1. The van der Waals surface area contributed by atoms with Crippen LogP contribution in [0.1, 0.15) is 16.7 Å². The molecule has 32 heavy (non-hydrogen) atoms. The van der Waals surface area contributed by atoms with Crippen molar-refractivity contribution >= 4 is 29.8 Å². The number of hydrogen-bond acceptors (Lipinski definition) is 5. The lowest BCUT2D eigenvalue weighted by atomic mass is 10.1. The van der Waals surface area contributed by atoms with E-state index in [1.807, 2.05) is 48.6 Å². The highest BCUT2D eigenvalue weighted by molar-refractivity contribution is 6.02. The first-order chi connectivity index (χ1) is 15.5. The van der Waals surface area contributed by atoms with E-state index in [0.717, 1.165) is 16.7 Å². The second-order valence-electron chi connectivity index (χ2n) is 6.83. The third-order valence-corrected chi connectivity index (χ3v) is 4.63. The largest absolute Gasteiger partial charge is 0.508 e. The Morgan fingerprint density at radius 1 is 0.781 bits per heavy atom. The Balaban J connectivity index is 1.65. The van der Waals surface area contributed by atoms with Crippen LogP contribution in [-0.4, -0.2) is 32.3 Å². The number of amides is 1. The van der Waals surface area contributed by atoms with Crippen LogP contribution in [0.15, 0.2) is 66.7 Å². The molecular weight excluding hydrogens is 406 g/mol. The number of carbonyl (C=O) groups excluding carboxylic acids is 1. The molecule has 1 amide bonds. The first kappa shape index (κ1) is 22.5. The number of ether oxygens (including phenoxy) is 3. The maximum atomic E-state index is 12.1. The fourth-order valence-electron chi connectivity index (χ4n) is 3.05. The molecular formula is C26H25NO5. The van der Waals surface area contributed by atoms with Crippen LogP contribution in [0.2, 0.25) is 0 Å². The molecule has 0 spiro atoms. The van der Waals surface area contributed by atoms with E-state index in [1.165, 1.54) is 6.08 Å². The van der Waals surface area contributed by atoms with Crippen LogP contribution in [-0.2, 0) is 4.79 Å². The fourth-order valence-corrected chi connectivity index (χ4v) is 3.05. The summed E-state index contributed by atoms with van der Waals surface area (Å²) in [4.78, 5) is 12.1. The van der Waals surface area contributed by atoms with Gasteiger partial charge in [-0.05, 0) is 59.2 Å². The van der Waals surface area contributed by atoms with E-state index in [9.17, 15) is 9.90 Å². The van der Waals surface area contributed by atoms with Crippen LogP contribution in [0, 0.1) is 0 Å². The maximum Gasteiger partial charge on any atom is 0.248 e. The Bertz CT molecular complexity index is 1110. The van der Waals surface area contributed by atoms with Crippen LogP contribution >= 0.6 is 0 Å². The topological polar surface area (TPSA) is 77.0 Å². The zero-order valence-corrected chi connectivity index (χ0v) is 18.2. The molecule has 0 heterocycles. The number of hydrogen-bond donors (Lipinski definition) is 2. The molecule has 0 saturated heterocycles. The summed E-state index contributed by atoms with van der Waals surface area (Å²) in [5, 5.41) is 12.3. The van der Waals surface area contributed by atoms with Crippen molar-refractivity contribution in [3.63, 3.8) is 0 Å². The molecule has 3 rings (SSSR count). The number of carbonyl (C=O) groups is 1. The molecule has 6 nitrogen and oxygen atoms in total. The molecule has 2 N–H and O–H groups in total. The SMILES string of the molecule is COc1cc(C=Cc2ccc(NC(=O)/C=C/c3cccc(O)c3)cc2)cc(OC)c1OC. The summed E-state index contributed by atoms with van der Waals surface area (Å²) < 4.78 is 16.1. The predicted octanol–water partition coefficient (Wildman–Crippen LogP) is 5.24. The van der Waals surface area contributed by atoms with Gasteiger partial charge in [0.1, 0.15) is 5.75 Å². The Labute approximate surface area is 187 Å². The maximum absolute atomic E-state index is 12.1. The molecule has 0 bridgehead atoms. The van der Waals surface area contributed by atoms with E-state index in [1.54, 1.807) is 51.7 Å². The number of aromatic hydroxyl groups is 1. The Morgan fingerprint density at radius 2 is 1.44 bits per heavy atom. The number of anilines is 1. The molecule has 0 atom stereocenters. The average molecular weight is 431 g/mol. The van der Waals surface area contributed by atoms with Crippen LogP contribution < -0.4 is 19.5 Å². The molecule has 6 heteroatoms. The van der Waals surface area contributed by atoms with Gasteiger partial charge in [-0.2, -0.15) is 0 Å². The minimum absolute atomic E-state index is 0.155. The van der Waals surface area contributed by atoms with Gasteiger partial charge < -0.3 is 24.6 Å². The van der Waals surface area contributed by atoms with Gasteiger partial charge >= 0.3 is 0 Å². The minimum Gasteiger partial charge on any atom is -0.508 e. The van der Waals surface area contributed by atoms with Crippen molar-refractivity contribution in [1.82, 2.24) is 0 Å². The van der Waals surface area contributed by atoms with E-state index < -0.39 is 0 Å². The van der Waals surface area contributed by atoms with Gasteiger partial charge in [-0.3, -0.25) is 4.79 Å². The zero-order valence-electron chi connectivity index (χ0n) is 18.2. The van der Waals surface area contributed by atoms with Gasteiger partial charge in [-0.15, -0.1) is 0 Å². The van der Waals surface area contributed by atoms with Crippen molar-refractivity contribution in [3.05, 3.63) is 83.4 Å². The van der Waals surface area contributed by atoms with Crippen LogP contribution in [0.4, 0.5) is 5.69 Å². The molecule has 0 unspecified atom stereocenters. The van der Waals surface area contributed by atoms with E-state index >= 15 is 0 Å². The average Bonchev–Trinajstić information content (AvgIpc) is 2.81. The first-order valence-corrected chi connectivity index (χ1v) is 9.88. The van der Waals surface area contributed by atoms with Crippen LogP contribution in [0.5, 0.6) is 23.0 Å². The van der Waals surface area contributed by atoms with Crippen molar-refractivity contribution in [2.75, 3.05) is 26.6 Å². The summed E-state index contributed by atoms with van der Waals surface area (Å²) in [6.45, 7) is 0. The summed E-state index contributed by atoms with van der Waals surface area (Å²) in [5.41, 5.74) is 3.29. The number of methoxy groups -OCH3 is 3. The van der Waals surface area contributed by atoms with Crippen LogP contribution in [0.3, 0.4) is 0 Å². The fraction of sp³-hybridized carbons (Fsp3) is 0.115. The van der Waals surface area contributed by atoms with Crippen molar-refractivity contribution < 1.29 is 24.1 Å². The Morgan fingerprint density at radius 3 is 2.03 bits per heavy atom. The quantitative estimate of drug-likeness (QED) is 0.377. The second kappa shape index (κ2) is 10.7. The van der Waals surface area contributed by atoms with E-state index in [0.29, 0.717) is 22.9 Å². The van der Waals surface area contributed by atoms with E-state index in [2.05, 4.69) is 5.32 Å². The molecule has 0 aliphatic heterocycles. The smallest absolute Gasteiger partial charge is 0.248 e. The summed E-state index contributed by atoms with van der Waals surface area (Å²) >= 11 is 0. The van der Waals surface area contributed by atoms with Gasteiger partial charge in [-0.25, -0.2) is 0 Å². The van der Waals surface area contributed by atoms with E-state index in [4.69, 9.17) is 14.2 Å². The highest BCUT2D eigenvalue weighted by Gasteiger charge is 2.11. The summed E-state index contributed by atoms with van der Waals surface area (Å²) in [7, 11) is 4.73. The van der Waals surface area contributed by atoms with Gasteiger partial charge in [-0.1, -0.05) is 36.4 Å². The first-order valence-electron chi connectivity index (χ1n) is 9.88. The van der Waals surface area contributed by atoms with Crippen LogP contribution in [0.25, 0.3) is 18.2 Å². The normalized spacial score (nSPS) is 11.0. The number of phenolic OH excluding ortho intramolecular Hbond substituents is 1. The number of nitrogens with one attached hydrogen (secondary N) is 1. The van der Waals surface area contributed by atoms with Crippen molar-refractivity contribution in [2.45, 2.75) is 0 Å². The molecule has 3 aromatic rings. The molecule has 0 aromatic heterocycles. The predicted molar refractivity (Wildman–Crippen MR) is 127 cm³/mol. The van der Waals surface area contributed by atoms with Gasteiger partial charge in [0.2, 0.25) is 11.7 Å². The minimum atomic E-state index is -0.256. The molecule has 0 aliphatic carbocycles. The highest BCUT2D eigenvalue weighted by Crippen LogP contribution is 2.38. The number of benzene rings is 3. The van der Waals surface area contributed by atoms with Crippen molar-refractivity contribution in [2.24, 2.45) is 0 Å². The van der Waals surface area contributed by atoms with Gasteiger partial charge in [0.25, 0.3) is 0 Å². The van der Waals surface area contributed by atoms with Crippen molar-refractivity contribution in [3.8, 4) is 23.0 Å². The Hall–Kier alpha value is -4.19. The molecule has 0 saturated carbocycles. The van der Waals surface area contributed by atoms with Crippen molar-refractivity contribution in [1.29, 1.82) is 0 Å². The summed E-state index contributed by atoms with van der Waals surface area (Å²) in [6.07, 6.45) is 6.96. The lowest BCUT2D eigenvalue weighted by Crippen LogP contribution is -2.07. The molecule has 0 aliphatic rings. The molecule has 0 fully saturated rings. The zero-order chi connectivity index (χ0) is 22.9. The standard InChI is InChI=1S/C26H25NO5/c1-30-23-16-20(17-24(31-2)26(23)32-3)8-7-18-9-12-21(13-10-18)27-25(29)14-11-19-5-4-6-22(28)15-19/h4-17,28H,1-3H3,(H,27,29)/b8-7?,14-11+. The second-order valence-corrected chi connectivity index (χ2v) is 6.83. The van der Waals surface area contributed by atoms with Gasteiger partial charge in [0, 0.05) is 11.8 Å². The van der Waals surface area contributed by atoms with E-state index in [-0.39, 0.29) is 11.7 Å². The lowest BCUT2D eigenvalue weighted by molar-refractivity contribution is -0.111. The summed E-state index contributed by atoms with van der Waals surface area (Å²) in [5.74, 6) is 1.62. The highest BCUT2D eigenvalue weighted by atomic mass is 16.5. The summed E-state index contributed by atoms with van der Waals surface area (Å²) in [6, 6.07) is 17.9. The Kier molecular flexibility index (Phi) is 7.54. The van der Waals surface area contributed by atoms with Gasteiger partial charge in [0.05, 0.1) is 21.3 Å². The number of rotatable bonds is 8. The van der Waals surface area contributed by atoms with Gasteiger partial charge in [0.15, 0.2) is 11.5 Å². The molecule has 0 radical (unpaired) electrons. The molecule has 164 valence electrons. The third-order valence-electron chi connectivity index (χ3n) is 4.63.